The number of aliphatic carboxylic acids is 1. The Balaban J connectivity index is 0.00000220. The molecule has 2 aliphatic rings. The van der Waals surface area contributed by atoms with Gasteiger partial charge in [0.15, 0.2) is 0 Å². The number of carbonyl (C=O) groups is 3. The average Bonchev–Trinajstić information content (AvgIpc) is 2.70. The van der Waals surface area contributed by atoms with Crippen LogP contribution < -0.4 is 5.32 Å². The van der Waals surface area contributed by atoms with Gasteiger partial charge in [0, 0.05) is 30.5 Å². The van der Waals surface area contributed by atoms with Gasteiger partial charge in [-0.15, -0.1) is 11.8 Å². The molecule has 2 heterocycles. The number of nitrogens with zero attached hydrogens (tertiary/aromatic N) is 1. The van der Waals surface area contributed by atoms with Crippen molar-refractivity contribution in [2.75, 3.05) is 12.3 Å². The molecule has 8 heteroatoms. The van der Waals surface area contributed by atoms with Crippen LogP contribution in [0.5, 0.6) is 0 Å². The topological polar surface area (TPSA) is 86.7 Å². The normalized spacial score (nSPS) is 23.3. The van der Waals surface area contributed by atoms with Crippen molar-refractivity contribution in [3.63, 3.8) is 0 Å². The summed E-state index contributed by atoms with van der Waals surface area (Å²) >= 11 is 1.41. The molecule has 0 spiro atoms. The number of rotatable bonds is 6. The van der Waals surface area contributed by atoms with E-state index in [1.54, 1.807) is 0 Å². The molecule has 0 saturated carbocycles. The van der Waals surface area contributed by atoms with Crippen molar-refractivity contribution in [3.05, 3.63) is 10.6 Å². The van der Waals surface area contributed by atoms with E-state index in [4.69, 9.17) is 0 Å². The molecule has 0 aromatic rings. The molecule has 1 fully saturated rings. The summed E-state index contributed by atoms with van der Waals surface area (Å²) in [4.78, 5) is 36.2. The number of amides is 2. The van der Waals surface area contributed by atoms with Gasteiger partial charge in [-0.2, -0.15) is 0 Å². The van der Waals surface area contributed by atoms with E-state index in [1.807, 2.05) is 6.92 Å². The minimum absolute atomic E-state index is 0. The van der Waals surface area contributed by atoms with E-state index in [1.165, 1.54) is 23.6 Å². The van der Waals surface area contributed by atoms with Crippen molar-refractivity contribution in [2.24, 2.45) is 5.92 Å². The molecule has 0 bridgehead atoms. The summed E-state index contributed by atoms with van der Waals surface area (Å²) in [6.07, 6.45) is 1.37. The summed E-state index contributed by atoms with van der Waals surface area (Å²) in [5.74, 6) is -0.658. The van der Waals surface area contributed by atoms with Crippen LogP contribution in [0.15, 0.2) is 10.6 Å². The van der Waals surface area contributed by atoms with E-state index < -0.39 is 5.97 Å². The molecular formula is C13H19N2NaO4S. The molecule has 0 aliphatic carbocycles. The molecule has 2 N–H and O–H groups in total. The maximum absolute atomic E-state index is 11.9. The number of carboxylic acid groups (broad SMARTS) is 1. The van der Waals surface area contributed by atoms with Gasteiger partial charge in [0.05, 0.1) is 12.0 Å². The molecule has 2 rings (SSSR count). The Bertz CT molecular complexity index is 495. The first-order valence-corrected chi connectivity index (χ1v) is 7.62. The molecule has 112 valence electrons. The minimum atomic E-state index is -1.04. The van der Waals surface area contributed by atoms with Crippen LogP contribution in [-0.2, 0) is 14.4 Å². The first-order valence-electron chi connectivity index (χ1n) is 6.64. The molecule has 2 atom stereocenters. The van der Waals surface area contributed by atoms with Gasteiger partial charge < -0.3 is 15.3 Å². The molecule has 0 aromatic heterocycles. The quantitative estimate of drug-likeness (QED) is 0.413. The fourth-order valence-corrected chi connectivity index (χ4v) is 3.79. The number of carboxylic acids is 1. The predicted octanol–water partition coefficient (Wildman–Crippen LogP) is 0.144. The number of fused-ring (bicyclic) bond motifs is 1. The zero-order chi connectivity index (χ0) is 14.9. The first-order chi connectivity index (χ1) is 9.47. The Morgan fingerprint density at radius 2 is 2.14 bits per heavy atom. The van der Waals surface area contributed by atoms with Crippen molar-refractivity contribution in [1.82, 2.24) is 10.2 Å². The van der Waals surface area contributed by atoms with Crippen LogP contribution in [0.3, 0.4) is 0 Å². The van der Waals surface area contributed by atoms with Crippen LogP contribution in [0, 0.1) is 5.92 Å². The van der Waals surface area contributed by atoms with Crippen LogP contribution in [-0.4, -0.2) is 75.7 Å². The van der Waals surface area contributed by atoms with E-state index in [-0.39, 0.29) is 59.0 Å². The number of hydrogen-bond donors (Lipinski definition) is 2. The molecule has 2 aliphatic heterocycles. The third-order valence-corrected chi connectivity index (χ3v) is 4.76. The number of thioether (sulfide) groups is 1. The summed E-state index contributed by atoms with van der Waals surface area (Å²) in [5.41, 5.74) is 0.137. The molecule has 2 amide bonds. The fraction of sp³-hybridized carbons (Fsp3) is 0.615. The monoisotopic (exact) mass is 322 g/mol. The summed E-state index contributed by atoms with van der Waals surface area (Å²) in [6, 6.07) is 0.0156. The van der Waals surface area contributed by atoms with Crippen LogP contribution in [0.25, 0.3) is 0 Å². The first kappa shape index (κ1) is 18.5. The standard InChI is InChI=1S/C13H18N2O4S.Na.H/c1-3-8-9-6-10(20-5-4-14-7(2)16)11(13(18)19)15(9)12(8)17;;/h8-9H,3-6H2,1-2H3,(H,14,16)(H,18,19);;/t8-,9+;;/m1../s1. The summed E-state index contributed by atoms with van der Waals surface area (Å²) in [7, 11) is 0. The Kier molecular flexibility index (Phi) is 6.77. The molecule has 6 nitrogen and oxygen atoms in total. The molecule has 0 aromatic carbocycles. The molecule has 0 unspecified atom stereocenters. The maximum atomic E-state index is 11.9. The van der Waals surface area contributed by atoms with Crippen LogP contribution in [0.2, 0.25) is 0 Å². The Morgan fingerprint density at radius 1 is 1.48 bits per heavy atom. The molecule has 0 radical (unpaired) electrons. The van der Waals surface area contributed by atoms with Crippen molar-refractivity contribution >= 4 is 59.1 Å². The van der Waals surface area contributed by atoms with Gasteiger partial charge in [0.25, 0.3) is 0 Å². The van der Waals surface area contributed by atoms with Crippen LogP contribution >= 0.6 is 11.8 Å². The van der Waals surface area contributed by atoms with E-state index in [2.05, 4.69) is 5.32 Å². The Hall–Kier alpha value is -0.500. The average molecular weight is 322 g/mol. The van der Waals surface area contributed by atoms with Crippen molar-refractivity contribution in [3.8, 4) is 0 Å². The van der Waals surface area contributed by atoms with E-state index in [0.29, 0.717) is 18.7 Å². The van der Waals surface area contributed by atoms with Gasteiger partial charge in [0.1, 0.15) is 5.70 Å². The third-order valence-electron chi connectivity index (χ3n) is 3.64. The van der Waals surface area contributed by atoms with Gasteiger partial charge in [-0.25, -0.2) is 4.79 Å². The third kappa shape index (κ3) is 3.64. The van der Waals surface area contributed by atoms with E-state index in [9.17, 15) is 19.5 Å². The summed E-state index contributed by atoms with van der Waals surface area (Å²) in [5, 5.41) is 12.0. The zero-order valence-corrected chi connectivity index (χ0v) is 12.3. The number of carbonyl (C=O) groups excluding carboxylic acids is 2. The van der Waals surface area contributed by atoms with Crippen molar-refractivity contribution in [1.29, 1.82) is 0 Å². The summed E-state index contributed by atoms with van der Waals surface area (Å²) in [6.45, 7) is 3.88. The molecule has 21 heavy (non-hydrogen) atoms. The van der Waals surface area contributed by atoms with E-state index >= 15 is 0 Å². The number of β-lactam (4-membered cyclic amide) rings is 1. The van der Waals surface area contributed by atoms with E-state index in [0.717, 1.165) is 11.3 Å². The number of hydrogen-bond acceptors (Lipinski definition) is 4. The van der Waals surface area contributed by atoms with Crippen molar-refractivity contribution < 1.29 is 19.5 Å². The Morgan fingerprint density at radius 3 is 2.67 bits per heavy atom. The SMILES string of the molecule is CC[C@H]1C(=O)N2C(C(=O)O)=C(SCCNC(C)=O)C[C@@H]12.[NaH]. The second-order valence-electron chi connectivity index (χ2n) is 4.90. The van der Waals surface area contributed by atoms with Gasteiger partial charge >= 0.3 is 35.5 Å². The second-order valence-corrected chi connectivity index (χ2v) is 6.09. The number of nitrogens with one attached hydrogen (secondary N) is 1. The van der Waals surface area contributed by atoms with Crippen molar-refractivity contribution in [2.45, 2.75) is 32.7 Å². The summed E-state index contributed by atoms with van der Waals surface area (Å²) < 4.78 is 0. The van der Waals surface area contributed by atoms with Crippen LogP contribution in [0.1, 0.15) is 26.7 Å². The zero-order valence-electron chi connectivity index (χ0n) is 11.5. The molecule has 1 saturated heterocycles. The molecular weight excluding hydrogens is 303 g/mol. The fourth-order valence-electron chi connectivity index (χ4n) is 2.73. The van der Waals surface area contributed by atoms with Gasteiger partial charge in [-0.1, -0.05) is 6.92 Å². The van der Waals surface area contributed by atoms with Crippen LogP contribution in [0.4, 0.5) is 0 Å². The van der Waals surface area contributed by atoms with Gasteiger partial charge in [-0.3, -0.25) is 9.59 Å². The second kappa shape index (κ2) is 7.67. The van der Waals surface area contributed by atoms with Gasteiger partial charge in [0.2, 0.25) is 11.8 Å². The Labute approximate surface area is 150 Å². The predicted molar refractivity (Wildman–Crippen MR) is 82.0 cm³/mol. The van der Waals surface area contributed by atoms with Gasteiger partial charge in [-0.05, 0) is 6.42 Å².